The van der Waals surface area contributed by atoms with Gasteiger partial charge in [0.15, 0.2) is 0 Å². The molecule has 0 bridgehead atoms. The summed E-state index contributed by atoms with van der Waals surface area (Å²) in [6.45, 7) is -0.851. The third-order valence-corrected chi connectivity index (χ3v) is 3.97. The molecule has 0 spiro atoms. The fourth-order valence-corrected chi connectivity index (χ4v) is 2.11. The molecule has 0 atom stereocenters. The van der Waals surface area contributed by atoms with Crippen LogP contribution in [0.4, 0.5) is 57.1 Å². The average Bonchev–Trinajstić information content (AvgIpc) is 2.90. The van der Waals surface area contributed by atoms with Gasteiger partial charge in [-0.25, -0.2) is 0 Å². The Kier molecular flexibility index (Phi) is 35.1. The van der Waals surface area contributed by atoms with Crippen molar-refractivity contribution in [1.82, 2.24) is 0 Å². The molecule has 2 aromatic carbocycles. The molecule has 0 fully saturated rings. The third-order valence-electron chi connectivity index (χ3n) is 3.62. The summed E-state index contributed by atoms with van der Waals surface area (Å²) in [5.74, 6) is -1.66. The molecule has 23 heteroatoms. The maximum absolute atomic E-state index is 12.4. The molecule has 260 valence electrons. The molecule has 2 rings (SSSR count). The Morgan fingerprint density at radius 1 is 0.783 bits per heavy atom. The second kappa shape index (κ2) is 29.0. The third kappa shape index (κ3) is 28.1. The smallest absolute Gasteiger partial charge is 1.00 e. The van der Waals surface area contributed by atoms with E-state index in [4.69, 9.17) is 26.7 Å². The Balaban J connectivity index is -0.000000101. The van der Waals surface area contributed by atoms with Crippen LogP contribution < -0.4 is 113 Å². The second-order valence-electron chi connectivity index (χ2n) is 6.68. The standard InChI is InChI=1S/C10H8F6O2.C8H4F6O.C2H5BrO.CH3F.CH2O3.CH4.2K.H/c11-9(12,13)6-3-7(10(14,15)16)5-8(4-6)18-2-1-17;9-7(10,11)4-1-5(8(12,13)14)3-6(15)2-4;3-1-2-4;1-2;2-1-4-3;;;;/h3-5,17H,1-2H2;1-3,15H;4H,1-2H2;1H3;1,3H;1H4;;;/q;;;;;;2*+1;-1/p-1/i;;;1D;;;;;. The van der Waals surface area contributed by atoms with Crippen molar-refractivity contribution < 1.29 is 198 Å². The number of aliphatic hydroxyl groups is 2. The summed E-state index contributed by atoms with van der Waals surface area (Å²) in [6, 6.07) is 1.31. The molecule has 0 aliphatic heterocycles. The number of hydrogen-bond acceptors (Lipinski definition) is 7. The first-order valence-electron chi connectivity index (χ1n) is 11.0. The number of rotatable bonds is 5. The molecule has 0 aliphatic rings. The summed E-state index contributed by atoms with van der Waals surface area (Å²) in [5.41, 5.74) is -5.97. The van der Waals surface area contributed by atoms with Crippen molar-refractivity contribution >= 4 is 22.4 Å². The molecular weight excluding hydrogens is 793 g/mol. The zero-order valence-corrected chi connectivity index (χ0v) is 30.7. The molecule has 2 aromatic rings. The number of hydrogen-bond donors (Lipinski definition) is 3. The first kappa shape index (κ1) is 55.6. The summed E-state index contributed by atoms with van der Waals surface area (Å²) >= 11 is 3.00. The number of aromatic hydroxyl groups is 1. The van der Waals surface area contributed by atoms with E-state index < -0.39 is 78.8 Å². The summed E-state index contributed by atoms with van der Waals surface area (Å²) in [6.07, 6.45) is -19.6. The van der Waals surface area contributed by atoms with Crippen molar-refractivity contribution in [3.8, 4) is 11.5 Å². The van der Waals surface area contributed by atoms with Crippen LogP contribution in [0.15, 0.2) is 36.4 Å². The van der Waals surface area contributed by atoms with Crippen molar-refractivity contribution in [2.75, 3.05) is 32.3 Å². The van der Waals surface area contributed by atoms with Crippen LogP contribution in [0.25, 0.3) is 0 Å². The summed E-state index contributed by atoms with van der Waals surface area (Å²) < 4.78 is 167. The Bertz CT molecular complexity index is 1020. The Morgan fingerprint density at radius 3 is 1.24 bits per heavy atom. The van der Waals surface area contributed by atoms with E-state index in [2.05, 4.69) is 25.6 Å². The van der Waals surface area contributed by atoms with Gasteiger partial charge in [0.1, 0.15) is 18.1 Å². The van der Waals surface area contributed by atoms with Crippen molar-refractivity contribution in [3.05, 3.63) is 58.7 Å². The number of alkyl halides is 14. The van der Waals surface area contributed by atoms with Crippen molar-refractivity contribution in [1.29, 1.82) is 0 Å². The minimum Gasteiger partial charge on any atom is -1.00 e. The Labute approximate surface area is 350 Å². The molecule has 46 heavy (non-hydrogen) atoms. The zero-order valence-electron chi connectivity index (χ0n) is 24.8. The minimum atomic E-state index is -4.92. The molecule has 0 amide bonds. The van der Waals surface area contributed by atoms with E-state index in [0.717, 1.165) is 0 Å². The van der Waals surface area contributed by atoms with E-state index in [1.54, 1.807) is 0 Å². The number of halogens is 14. The number of phenolic OH excluding ortho intramolecular Hbond substituents is 1. The summed E-state index contributed by atoms with van der Waals surface area (Å²) in [7, 11) is -1.00. The average molecular weight is 821 g/mol. The maximum atomic E-state index is 12.4. The SMILES string of the molecule is C.O=CO[O-].OCCBr.OCCOc1cc(C(F)(F)F)cc(C(F)(F)F)c1.Oc1cc(C(F)(F)F)cc(C(F)(F)F)c1.[2H]CF.[H-].[K+].[K+]. The number of carbonyl (C=O) groups is 1. The molecule has 0 saturated carbocycles. The van der Waals surface area contributed by atoms with Crippen LogP contribution in [-0.2, 0) is 34.4 Å². The van der Waals surface area contributed by atoms with Crippen LogP contribution in [0.1, 0.15) is 32.5 Å². The maximum Gasteiger partial charge on any atom is 1.00 e. The van der Waals surface area contributed by atoms with Gasteiger partial charge in [0, 0.05) is 5.33 Å². The molecule has 3 N–H and O–H groups in total. The van der Waals surface area contributed by atoms with Gasteiger partial charge in [-0.1, -0.05) is 23.4 Å². The molecular formula is C23H26BrF13K2O7. The molecule has 0 radical (unpaired) electrons. The number of benzene rings is 2. The van der Waals surface area contributed by atoms with E-state index in [-0.39, 0.29) is 149 Å². The van der Waals surface area contributed by atoms with Crippen LogP contribution in [-0.4, -0.2) is 54.1 Å². The van der Waals surface area contributed by atoms with Gasteiger partial charge in [0.05, 0.1) is 44.0 Å². The molecule has 0 aliphatic carbocycles. The van der Waals surface area contributed by atoms with Gasteiger partial charge in [0.2, 0.25) is 0 Å². The van der Waals surface area contributed by atoms with E-state index in [9.17, 15) is 57.1 Å². The van der Waals surface area contributed by atoms with Gasteiger partial charge in [-0.2, -0.15) is 52.7 Å². The van der Waals surface area contributed by atoms with Gasteiger partial charge in [-0.05, 0) is 36.4 Å². The number of carbonyl (C=O) groups excluding carboxylic acids is 1. The first-order valence-corrected chi connectivity index (χ1v) is 11.4. The van der Waals surface area contributed by atoms with E-state index in [1.165, 1.54) is 0 Å². The Hall–Kier alpha value is 0.233. The number of ether oxygens (including phenoxy) is 1. The second-order valence-corrected chi connectivity index (χ2v) is 7.48. The van der Waals surface area contributed by atoms with E-state index in [0.29, 0.717) is 17.5 Å². The Morgan fingerprint density at radius 2 is 1.04 bits per heavy atom. The monoisotopic (exact) mass is 819 g/mol. The van der Waals surface area contributed by atoms with E-state index in [1.807, 2.05) is 0 Å². The largest absolute Gasteiger partial charge is 1.00 e. The first-order chi connectivity index (χ1) is 20.0. The van der Waals surface area contributed by atoms with Crippen molar-refractivity contribution in [2.24, 2.45) is 0 Å². The van der Waals surface area contributed by atoms with Crippen molar-refractivity contribution in [2.45, 2.75) is 32.1 Å². The topological polar surface area (TPSA) is 119 Å². The molecule has 0 heterocycles. The number of phenols is 1. The van der Waals surface area contributed by atoms with E-state index >= 15 is 0 Å². The zero-order chi connectivity index (χ0) is 35.4. The van der Waals surface area contributed by atoms with Crippen LogP contribution >= 0.6 is 15.9 Å². The van der Waals surface area contributed by atoms with Crippen molar-refractivity contribution in [3.63, 3.8) is 0 Å². The predicted octanol–water partition coefficient (Wildman–Crippen LogP) is 0.676. The molecule has 7 nitrogen and oxygen atoms in total. The molecule has 0 unspecified atom stereocenters. The summed E-state index contributed by atoms with van der Waals surface area (Å²) in [4.78, 5) is 11.2. The van der Waals surface area contributed by atoms with Crippen LogP contribution in [0, 0.1) is 0 Å². The van der Waals surface area contributed by atoms with Gasteiger partial charge in [-0.3, -0.25) is 9.18 Å². The predicted molar refractivity (Wildman–Crippen MR) is 130 cm³/mol. The van der Waals surface area contributed by atoms with Gasteiger partial charge < -0.3 is 31.6 Å². The summed E-state index contributed by atoms with van der Waals surface area (Å²) in [5, 5.41) is 34.1. The quantitative estimate of drug-likeness (QED) is 0.102. The molecule has 0 aromatic heterocycles. The van der Waals surface area contributed by atoms with Gasteiger partial charge >= 0.3 is 127 Å². The fourth-order valence-electron chi connectivity index (χ4n) is 2.11. The van der Waals surface area contributed by atoms with Crippen LogP contribution in [0.5, 0.6) is 11.5 Å². The van der Waals surface area contributed by atoms with Crippen LogP contribution in [0.3, 0.4) is 0 Å². The van der Waals surface area contributed by atoms with Gasteiger partial charge in [-0.15, -0.1) is 0 Å². The number of aliphatic hydroxyl groups excluding tert-OH is 2. The minimum absolute atomic E-state index is 0. The fraction of sp³-hybridized carbons (Fsp3) is 0.435. The molecule has 0 saturated heterocycles. The van der Waals surface area contributed by atoms with Crippen LogP contribution in [0.2, 0.25) is 0 Å². The van der Waals surface area contributed by atoms with Gasteiger partial charge in [0.25, 0.3) is 6.47 Å². The normalized spacial score (nSPS) is 10.7.